The molecule has 0 spiro atoms. The molecule has 0 radical (unpaired) electrons. The molecule has 12 heavy (non-hydrogen) atoms. The van der Waals surface area contributed by atoms with Gasteiger partial charge in [-0.3, -0.25) is 0 Å². The second kappa shape index (κ2) is 2.61. The van der Waals surface area contributed by atoms with E-state index in [0.717, 1.165) is 12.8 Å². The number of ether oxygens (including phenoxy) is 1. The highest BCUT2D eigenvalue weighted by molar-refractivity contribution is 5.90. The Kier molecular flexibility index (Phi) is 1.71. The second-order valence-electron chi connectivity index (χ2n) is 3.99. The molecule has 1 aliphatic carbocycles. The number of fused-ring (bicyclic) bond motifs is 1. The highest BCUT2D eigenvalue weighted by Gasteiger charge is 2.41. The average molecular weight is 166 g/mol. The van der Waals surface area contributed by atoms with E-state index < -0.39 is 0 Å². The Morgan fingerprint density at radius 3 is 3.00 bits per heavy atom. The first-order valence-electron chi connectivity index (χ1n) is 4.58. The quantitative estimate of drug-likeness (QED) is 0.406. The average Bonchev–Trinajstić information content (AvgIpc) is 2.28. The van der Waals surface area contributed by atoms with Crippen molar-refractivity contribution in [2.24, 2.45) is 11.8 Å². The van der Waals surface area contributed by atoms with Gasteiger partial charge in [-0.15, -0.1) is 0 Å². The van der Waals surface area contributed by atoms with Crippen LogP contribution in [0.4, 0.5) is 0 Å². The van der Waals surface area contributed by atoms with Gasteiger partial charge in [-0.25, -0.2) is 4.79 Å². The summed E-state index contributed by atoms with van der Waals surface area (Å²) in [6.45, 7) is 5.98. The molecule has 1 saturated heterocycles. The fourth-order valence-electron chi connectivity index (χ4n) is 2.22. The molecule has 2 nitrogen and oxygen atoms in total. The Morgan fingerprint density at radius 2 is 2.25 bits per heavy atom. The third-order valence-electron chi connectivity index (χ3n) is 3.02. The van der Waals surface area contributed by atoms with Crippen molar-refractivity contribution >= 4 is 5.97 Å². The predicted molar refractivity (Wildman–Crippen MR) is 45.5 cm³/mol. The highest BCUT2D eigenvalue weighted by Crippen LogP contribution is 2.39. The smallest absolute Gasteiger partial charge is 0.334 e. The van der Waals surface area contributed by atoms with Crippen LogP contribution in [0, 0.1) is 11.8 Å². The van der Waals surface area contributed by atoms with Crippen LogP contribution in [0.5, 0.6) is 0 Å². The van der Waals surface area contributed by atoms with Gasteiger partial charge < -0.3 is 4.74 Å². The summed E-state index contributed by atoms with van der Waals surface area (Å²) < 4.78 is 5.21. The maximum absolute atomic E-state index is 11.1. The molecule has 0 aromatic carbocycles. The van der Waals surface area contributed by atoms with Gasteiger partial charge in [0.2, 0.25) is 0 Å². The Labute approximate surface area is 72.6 Å². The molecule has 0 bridgehead atoms. The molecule has 0 aromatic heterocycles. The lowest BCUT2D eigenvalue weighted by Crippen LogP contribution is -2.25. The van der Waals surface area contributed by atoms with Gasteiger partial charge >= 0.3 is 5.97 Å². The van der Waals surface area contributed by atoms with Crippen molar-refractivity contribution in [3.8, 4) is 0 Å². The molecule has 2 fully saturated rings. The van der Waals surface area contributed by atoms with Gasteiger partial charge in [-0.2, -0.15) is 0 Å². The second-order valence-corrected chi connectivity index (χ2v) is 3.99. The van der Waals surface area contributed by atoms with E-state index in [4.69, 9.17) is 4.74 Å². The molecule has 1 saturated carbocycles. The van der Waals surface area contributed by atoms with E-state index in [1.54, 1.807) is 0 Å². The van der Waals surface area contributed by atoms with Crippen molar-refractivity contribution in [1.29, 1.82) is 0 Å². The topological polar surface area (TPSA) is 26.3 Å². The van der Waals surface area contributed by atoms with Crippen molar-refractivity contribution in [3.63, 3.8) is 0 Å². The summed E-state index contributed by atoms with van der Waals surface area (Å²) in [6.07, 6.45) is 3.46. The fraction of sp³-hybridized carbons (Fsp3) is 0.700. The lowest BCUT2D eigenvalue weighted by atomic mass is 9.79. The zero-order valence-electron chi connectivity index (χ0n) is 7.38. The van der Waals surface area contributed by atoms with E-state index in [1.165, 1.54) is 6.42 Å². The van der Waals surface area contributed by atoms with Gasteiger partial charge in [-0.05, 0) is 25.2 Å². The Balaban J connectivity index is 2.14. The summed E-state index contributed by atoms with van der Waals surface area (Å²) in [5.74, 6) is 0.859. The lowest BCUT2D eigenvalue weighted by molar-refractivity contribution is -0.140. The van der Waals surface area contributed by atoms with Crippen LogP contribution in [0.1, 0.15) is 26.2 Å². The molecule has 1 aliphatic heterocycles. The molecular weight excluding hydrogens is 152 g/mol. The monoisotopic (exact) mass is 166 g/mol. The molecular formula is C10H14O2. The largest absolute Gasteiger partial charge is 0.458 e. The molecule has 2 aliphatic rings. The zero-order chi connectivity index (χ0) is 8.72. The Morgan fingerprint density at radius 1 is 1.50 bits per heavy atom. The molecule has 3 atom stereocenters. The van der Waals surface area contributed by atoms with Gasteiger partial charge in [-0.1, -0.05) is 13.5 Å². The van der Waals surface area contributed by atoms with Crippen LogP contribution in [0.25, 0.3) is 0 Å². The summed E-state index contributed by atoms with van der Waals surface area (Å²) in [5.41, 5.74) is 0.701. The minimum absolute atomic E-state index is 0.147. The fourth-order valence-corrected chi connectivity index (χ4v) is 2.22. The molecule has 0 aromatic rings. The SMILES string of the molecule is C=C1C(=O)O[C@@H]2C[C@@H](C)CC[C@H]12. The predicted octanol–water partition coefficient (Wildman–Crippen LogP) is 1.90. The van der Waals surface area contributed by atoms with E-state index in [9.17, 15) is 4.79 Å². The third kappa shape index (κ3) is 1.06. The van der Waals surface area contributed by atoms with E-state index >= 15 is 0 Å². The first-order valence-corrected chi connectivity index (χ1v) is 4.58. The first-order chi connectivity index (χ1) is 5.68. The Hall–Kier alpha value is -0.790. The van der Waals surface area contributed by atoms with Crippen molar-refractivity contribution in [1.82, 2.24) is 0 Å². The summed E-state index contributed by atoms with van der Waals surface area (Å²) in [5, 5.41) is 0. The highest BCUT2D eigenvalue weighted by atomic mass is 16.6. The lowest BCUT2D eigenvalue weighted by Gasteiger charge is -2.27. The van der Waals surface area contributed by atoms with Crippen LogP contribution >= 0.6 is 0 Å². The number of rotatable bonds is 0. The van der Waals surface area contributed by atoms with Crippen LogP contribution in [-0.2, 0) is 9.53 Å². The number of carbonyl (C=O) groups is 1. The van der Waals surface area contributed by atoms with Crippen molar-refractivity contribution in [2.75, 3.05) is 0 Å². The van der Waals surface area contributed by atoms with E-state index in [1.807, 2.05) is 0 Å². The first kappa shape index (κ1) is 7.84. The van der Waals surface area contributed by atoms with Gasteiger partial charge in [0, 0.05) is 11.5 Å². The normalized spacial score (nSPS) is 40.9. The van der Waals surface area contributed by atoms with Gasteiger partial charge in [0.1, 0.15) is 6.10 Å². The molecule has 66 valence electrons. The van der Waals surface area contributed by atoms with E-state index in [-0.39, 0.29) is 12.1 Å². The van der Waals surface area contributed by atoms with Crippen LogP contribution in [0.3, 0.4) is 0 Å². The van der Waals surface area contributed by atoms with Gasteiger partial charge in [0.15, 0.2) is 0 Å². The minimum atomic E-state index is -0.167. The van der Waals surface area contributed by atoms with E-state index in [0.29, 0.717) is 17.4 Å². The summed E-state index contributed by atoms with van der Waals surface area (Å²) >= 11 is 0. The molecule has 0 amide bonds. The van der Waals surface area contributed by atoms with Crippen molar-refractivity contribution in [3.05, 3.63) is 12.2 Å². The van der Waals surface area contributed by atoms with Crippen LogP contribution < -0.4 is 0 Å². The third-order valence-corrected chi connectivity index (χ3v) is 3.02. The molecule has 2 heteroatoms. The number of hydrogen-bond donors (Lipinski definition) is 0. The van der Waals surface area contributed by atoms with Crippen LogP contribution in [-0.4, -0.2) is 12.1 Å². The summed E-state index contributed by atoms with van der Waals surface area (Å²) in [6, 6.07) is 0. The maximum atomic E-state index is 11.1. The Bertz CT molecular complexity index is 232. The number of carbonyl (C=O) groups excluding carboxylic acids is 1. The van der Waals surface area contributed by atoms with Gasteiger partial charge in [0.05, 0.1) is 0 Å². The number of hydrogen-bond acceptors (Lipinski definition) is 2. The van der Waals surface area contributed by atoms with Crippen molar-refractivity contribution in [2.45, 2.75) is 32.3 Å². The van der Waals surface area contributed by atoms with Crippen LogP contribution in [0.2, 0.25) is 0 Å². The number of esters is 1. The van der Waals surface area contributed by atoms with E-state index in [2.05, 4.69) is 13.5 Å². The molecule has 1 heterocycles. The maximum Gasteiger partial charge on any atom is 0.334 e. The van der Waals surface area contributed by atoms with Crippen molar-refractivity contribution < 1.29 is 9.53 Å². The molecule has 2 rings (SSSR count). The van der Waals surface area contributed by atoms with Crippen LogP contribution in [0.15, 0.2) is 12.2 Å². The molecule has 0 unspecified atom stereocenters. The zero-order valence-corrected chi connectivity index (χ0v) is 7.38. The standard InChI is InChI=1S/C10H14O2/c1-6-3-4-8-7(2)10(11)12-9(8)5-6/h6,8-9H,2-5H2,1H3/t6-,8+,9+/m0/s1. The summed E-state index contributed by atoms with van der Waals surface area (Å²) in [4.78, 5) is 11.1. The summed E-state index contributed by atoms with van der Waals surface area (Å²) in [7, 11) is 0. The van der Waals surface area contributed by atoms with Gasteiger partial charge in [0.25, 0.3) is 0 Å². The molecule has 0 N–H and O–H groups in total. The minimum Gasteiger partial charge on any atom is -0.458 e.